The average molecular weight is 232 g/mol. The van der Waals surface area contributed by atoms with Gasteiger partial charge in [0.2, 0.25) is 0 Å². The van der Waals surface area contributed by atoms with Crippen molar-refractivity contribution in [3.63, 3.8) is 0 Å². The fourth-order valence-corrected chi connectivity index (χ4v) is 2.12. The quantitative estimate of drug-likeness (QED) is 0.832. The van der Waals surface area contributed by atoms with Crippen LogP contribution in [0.3, 0.4) is 0 Å². The van der Waals surface area contributed by atoms with E-state index in [9.17, 15) is 4.21 Å². The van der Waals surface area contributed by atoms with Crippen LogP contribution in [0, 0.1) is 6.92 Å². The molecule has 0 amide bonds. The molecule has 0 fully saturated rings. The maximum Gasteiger partial charge on any atom is 0.0897 e. The first-order valence-corrected chi connectivity index (χ1v) is 6.97. The van der Waals surface area contributed by atoms with Gasteiger partial charge in [0.25, 0.3) is 0 Å². The van der Waals surface area contributed by atoms with Crippen molar-refractivity contribution in [1.29, 1.82) is 0 Å². The van der Waals surface area contributed by atoms with Crippen molar-refractivity contribution < 1.29 is 4.21 Å². The van der Waals surface area contributed by atoms with Crippen LogP contribution in [0.1, 0.15) is 16.8 Å². The van der Waals surface area contributed by atoms with Crippen molar-refractivity contribution in [2.45, 2.75) is 25.6 Å². The molecule has 0 saturated carbocycles. The predicted molar refractivity (Wildman–Crippen MR) is 62.1 cm³/mol. The zero-order valence-electron chi connectivity index (χ0n) is 8.74. The number of rotatable bonds is 5. The van der Waals surface area contributed by atoms with Crippen LogP contribution >= 0.6 is 11.3 Å². The van der Waals surface area contributed by atoms with Crippen molar-refractivity contribution >= 4 is 22.1 Å². The van der Waals surface area contributed by atoms with Gasteiger partial charge in [-0.25, -0.2) is 4.98 Å². The van der Waals surface area contributed by atoms with Crippen molar-refractivity contribution in [2.24, 2.45) is 0 Å². The highest BCUT2D eigenvalue weighted by Gasteiger charge is 2.05. The minimum absolute atomic E-state index is 0.212. The van der Waals surface area contributed by atoms with E-state index in [4.69, 9.17) is 0 Å². The fourth-order valence-electron chi connectivity index (χ4n) is 1.00. The highest BCUT2D eigenvalue weighted by molar-refractivity contribution is 7.84. The largest absolute Gasteiger partial charge is 0.311 e. The third-order valence-electron chi connectivity index (χ3n) is 1.97. The van der Waals surface area contributed by atoms with Crippen molar-refractivity contribution in [3.8, 4) is 0 Å². The normalized spacial score (nSPS) is 15.4. The first-order chi connectivity index (χ1) is 6.59. The average Bonchev–Trinajstić information content (AvgIpc) is 2.51. The summed E-state index contributed by atoms with van der Waals surface area (Å²) in [5.41, 5.74) is 0. The second kappa shape index (κ2) is 5.58. The van der Waals surface area contributed by atoms with Crippen LogP contribution in [0.2, 0.25) is 0 Å². The lowest BCUT2D eigenvalue weighted by atomic mass is 10.4. The summed E-state index contributed by atoms with van der Waals surface area (Å²) >= 11 is 1.70. The van der Waals surface area contributed by atoms with Crippen LogP contribution in [0.15, 0.2) is 6.20 Å². The number of aryl methyl sites for hydroxylation is 1. The molecular formula is C9H16N2OS2. The number of hydrogen-bond donors (Lipinski definition) is 1. The van der Waals surface area contributed by atoms with Gasteiger partial charge in [0.1, 0.15) is 0 Å². The van der Waals surface area contributed by atoms with Gasteiger partial charge < -0.3 is 5.32 Å². The van der Waals surface area contributed by atoms with E-state index in [-0.39, 0.29) is 5.25 Å². The molecule has 2 unspecified atom stereocenters. The van der Waals surface area contributed by atoms with E-state index < -0.39 is 10.8 Å². The van der Waals surface area contributed by atoms with Crippen LogP contribution in [0.4, 0.5) is 0 Å². The van der Waals surface area contributed by atoms with Crippen LogP contribution in [-0.2, 0) is 17.3 Å². The molecule has 3 nitrogen and oxygen atoms in total. The maximum atomic E-state index is 11.1. The Morgan fingerprint density at radius 3 is 2.93 bits per heavy atom. The number of nitrogens with one attached hydrogen (secondary N) is 1. The SMILES string of the molecule is Cc1ncc(CNCC(C)S(C)=O)s1. The molecule has 0 aromatic carbocycles. The Kier molecular flexibility index (Phi) is 4.71. The highest BCUT2D eigenvalue weighted by atomic mass is 32.2. The number of hydrogen-bond acceptors (Lipinski definition) is 4. The molecule has 5 heteroatoms. The first-order valence-electron chi connectivity index (χ1n) is 4.54. The molecular weight excluding hydrogens is 216 g/mol. The van der Waals surface area contributed by atoms with E-state index >= 15 is 0 Å². The number of nitrogens with zero attached hydrogens (tertiary/aromatic N) is 1. The summed E-state index contributed by atoms with van der Waals surface area (Å²) in [5, 5.41) is 4.58. The Morgan fingerprint density at radius 1 is 1.71 bits per heavy atom. The summed E-state index contributed by atoms with van der Waals surface area (Å²) in [6.45, 7) is 5.60. The van der Waals surface area contributed by atoms with Crippen molar-refractivity contribution in [3.05, 3.63) is 16.1 Å². The molecule has 1 N–H and O–H groups in total. The summed E-state index contributed by atoms with van der Waals surface area (Å²) in [7, 11) is -0.738. The molecule has 0 bridgehead atoms. The molecule has 80 valence electrons. The smallest absolute Gasteiger partial charge is 0.0897 e. The van der Waals surface area contributed by atoms with Gasteiger partial charge in [-0.15, -0.1) is 11.3 Å². The lowest BCUT2D eigenvalue weighted by Gasteiger charge is -2.08. The van der Waals surface area contributed by atoms with Crippen molar-refractivity contribution in [1.82, 2.24) is 10.3 Å². The Morgan fingerprint density at radius 2 is 2.43 bits per heavy atom. The summed E-state index contributed by atoms with van der Waals surface area (Å²) in [6.07, 6.45) is 3.63. The molecule has 0 aliphatic carbocycles. The second-order valence-corrected chi connectivity index (χ2v) is 6.41. The molecule has 0 aliphatic rings. The van der Waals surface area contributed by atoms with Gasteiger partial charge in [-0.05, 0) is 13.8 Å². The van der Waals surface area contributed by atoms with Crippen LogP contribution < -0.4 is 5.32 Å². The van der Waals surface area contributed by atoms with Gasteiger partial charge >= 0.3 is 0 Å². The Labute approximate surface area is 91.4 Å². The van der Waals surface area contributed by atoms with Crippen molar-refractivity contribution in [2.75, 3.05) is 12.8 Å². The summed E-state index contributed by atoms with van der Waals surface area (Å²) in [5.74, 6) is 0. The molecule has 1 aromatic rings. The van der Waals surface area contributed by atoms with E-state index in [1.165, 1.54) is 4.88 Å². The molecule has 14 heavy (non-hydrogen) atoms. The topological polar surface area (TPSA) is 42.0 Å². The zero-order valence-corrected chi connectivity index (χ0v) is 10.4. The molecule has 1 heterocycles. The summed E-state index contributed by atoms with van der Waals surface area (Å²) in [6, 6.07) is 0. The lowest BCUT2D eigenvalue weighted by molar-refractivity contribution is 0.649. The third kappa shape index (κ3) is 3.86. The van der Waals surface area contributed by atoms with E-state index in [0.29, 0.717) is 0 Å². The molecule has 0 aliphatic heterocycles. The Balaban J connectivity index is 2.25. The Bertz CT molecular complexity index is 312. The van der Waals surface area contributed by atoms with Crippen LogP contribution in [-0.4, -0.2) is 27.2 Å². The Hall–Kier alpha value is -0.260. The maximum absolute atomic E-state index is 11.1. The molecule has 0 saturated heterocycles. The van der Waals surface area contributed by atoms with Gasteiger partial charge in [-0.2, -0.15) is 0 Å². The standard InChI is InChI=1S/C9H16N2OS2/c1-7(14(3)12)4-10-5-9-6-11-8(2)13-9/h6-7,10H,4-5H2,1-3H3. The van der Waals surface area contributed by atoms with E-state index in [1.54, 1.807) is 17.6 Å². The van der Waals surface area contributed by atoms with Gasteiger partial charge in [-0.1, -0.05) is 0 Å². The van der Waals surface area contributed by atoms with E-state index in [1.807, 2.05) is 20.0 Å². The highest BCUT2D eigenvalue weighted by Crippen LogP contribution is 2.10. The predicted octanol–water partition coefficient (Wildman–Crippen LogP) is 1.31. The molecule has 1 aromatic heterocycles. The van der Waals surface area contributed by atoms with Gasteiger partial charge in [0.05, 0.1) is 5.01 Å². The summed E-state index contributed by atoms with van der Waals surface area (Å²) in [4.78, 5) is 5.40. The van der Waals surface area contributed by atoms with Gasteiger partial charge in [0.15, 0.2) is 0 Å². The second-order valence-electron chi connectivity index (χ2n) is 3.29. The molecule has 0 radical (unpaired) electrons. The molecule has 2 atom stereocenters. The molecule has 0 spiro atoms. The van der Waals surface area contributed by atoms with Crippen LogP contribution in [0.25, 0.3) is 0 Å². The number of thiazole rings is 1. The third-order valence-corrected chi connectivity index (χ3v) is 4.18. The minimum Gasteiger partial charge on any atom is -0.311 e. The lowest BCUT2D eigenvalue weighted by Crippen LogP contribution is -2.26. The summed E-state index contributed by atoms with van der Waals surface area (Å²) < 4.78 is 11.1. The molecule has 1 rings (SSSR count). The number of aromatic nitrogens is 1. The minimum atomic E-state index is -0.738. The monoisotopic (exact) mass is 232 g/mol. The van der Waals surface area contributed by atoms with Gasteiger partial charge in [-0.3, -0.25) is 4.21 Å². The van der Waals surface area contributed by atoms with E-state index in [2.05, 4.69) is 10.3 Å². The zero-order chi connectivity index (χ0) is 10.6. The van der Waals surface area contributed by atoms with Gasteiger partial charge in [0, 0.05) is 46.5 Å². The van der Waals surface area contributed by atoms with E-state index in [0.717, 1.165) is 18.1 Å². The first kappa shape index (κ1) is 11.8. The fraction of sp³-hybridized carbons (Fsp3) is 0.667. The van der Waals surface area contributed by atoms with Crippen LogP contribution in [0.5, 0.6) is 0 Å².